The van der Waals surface area contributed by atoms with Crippen molar-refractivity contribution < 1.29 is 4.74 Å². The first-order chi connectivity index (χ1) is 7.27. The molecule has 1 rings (SSSR count). The molecule has 15 heavy (non-hydrogen) atoms. The molecular weight excluding hydrogens is 303 g/mol. The second kappa shape index (κ2) is 6.34. The van der Waals surface area contributed by atoms with Crippen LogP contribution in [0, 0.1) is 5.41 Å². The van der Waals surface area contributed by atoms with Gasteiger partial charge in [0.25, 0.3) is 0 Å². The van der Waals surface area contributed by atoms with Gasteiger partial charge in [-0.1, -0.05) is 24.8 Å². The standard InChI is InChI=1S/C11H11IN2O/c1-9(6-13)15-11-5-3-2-4-10(11)7-14-8-12/h2-6,8,13H,1,7H2. The molecule has 4 heteroatoms. The second-order valence-corrected chi connectivity index (χ2v) is 3.32. The summed E-state index contributed by atoms with van der Waals surface area (Å²) in [6.45, 7) is 4.16. The van der Waals surface area contributed by atoms with Crippen molar-refractivity contribution in [2.45, 2.75) is 6.54 Å². The molecule has 0 heterocycles. The number of allylic oxidation sites excluding steroid dienone is 1. The molecule has 0 bridgehead atoms. The molecule has 0 aliphatic carbocycles. The average Bonchev–Trinajstić information content (AvgIpc) is 2.28. The van der Waals surface area contributed by atoms with Gasteiger partial charge in [-0.15, -0.1) is 0 Å². The molecule has 0 unspecified atom stereocenters. The topological polar surface area (TPSA) is 45.4 Å². The summed E-state index contributed by atoms with van der Waals surface area (Å²) >= 11 is 2.07. The van der Waals surface area contributed by atoms with Crippen LogP contribution in [0.5, 0.6) is 5.75 Å². The van der Waals surface area contributed by atoms with Gasteiger partial charge in [-0.25, -0.2) is 0 Å². The minimum atomic E-state index is 0.320. The molecule has 0 saturated heterocycles. The number of nitrogens with zero attached hydrogens (tertiary/aromatic N) is 1. The maximum absolute atomic E-state index is 6.99. The zero-order valence-corrected chi connectivity index (χ0v) is 10.3. The second-order valence-electron chi connectivity index (χ2n) is 2.76. The molecule has 0 saturated carbocycles. The van der Waals surface area contributed by atoms with Gasteiger partial charge in [0.1, 0.15) is 11.5 Å². The van der Waals surface area contributed by atoms with Crippen molar-refractivity contribution in [3.8, 4) is 5.75 Å². The molecule has 0 fully saturated rings. The fourth-order valence-electron chi connectivity index (χ4n) is 1.04. The molecule has 78 valence electrons. The first kappa shape index (κ1) is 11.9. The summed E-state index contributed by atoms with van der Waals surface area (Å²) in [6, 6.07) is 7.59. The van der Waals surface area contributed by atoms with Crippen LogP contribution in [0.1, 0.15) is 5.56 Å². The third-order valence-electron chi connectivity index (χ3n) is 1.71. The lowest BCUT2D eigenvalue weighted by Gasteiger charge is -2.08. The van der Waals surface area contributed by atoms with Crippen LogP contribution < -0.4 is 4.74 Å². The highest BCUT2D eigenvalue weighted by Crippen LogP contribution is 2.20. The van der Waals surface area contributed by atoms with Crippen molar-refractivity contribution in [1.82, 2.24) is 0 Å². The van der Waals surface area contributed by atoms with Crippen molar-refractivity contribution in [1.29, 1.82) is 5.41 Å². The summed E-state index contributed by atoms with van der Waals surface area (Å²) in [7, 11) is 0. The Morgan fingerprint density at radius 1 is 1.53 bits per heavy atom. The summed E-state index contributed by atoms with van der Waals surface area (Å²) in [5, 5.41) is 6.99. The lowest BCUT2D eigenvalue weighted by Crippen LogP contribution is -1.97. The molecule has 1 N–H and O–H groups in total. The number of para-hydroxylation sites is 1. The molecule has 0 radical (unpaired) electrons. The smallest absolute Gasteiger partial charge is 0.137 e. The van der Waals surface area contributed by atoms with Crippen LogP contribution in [0.2, 0.25) is 0 Å². The minimum Gasteiger partial charge on any atom is -0.456 e. The Morgan fingerprint density at radius 2 is 2.27 bits per heavy atom. The van der Waals surface area contributed by atoms with Crippen LogP contribution in [-0.4, -0.2) is 10.4 Å². The Labute approximate surface area is 103 Å². The first-order valence-corrected chi connectivity index (χ1v) is 5.56. The normalized spacial score (nSPS) is 10.2. The van der Waals surface area contributed by atoms with Gasteiger partial charge in [0.2, 0.25) is 0 Å². The maximum Gasteiger partial charge on any atom is 0.137 e. The van der Waals surface area contributed by atoms with Crippen LogP contribution in [0.15, 0.2) is 41.6 Å². The van der Waals surface area contributed by atoms with E-state index in [-0.39, 0.29) is 0 Å². The van der Waals surface area contributed by atoms with Crippen LogP contribution >= 0.6 is 22.6 Å². The van der Waals surface area contributed by atoms with Crippen molar-refractivity contribution in [2.75, 3.05) is 0 Å². The largest absolute Gasteiger partial charge is 0.456 e. The third-order valence-corrected chi connectivity index (χ3v) is 2.10. The van der Waals surface area contributed by atoms with Crippen LogP contribution in [0.3, 0.4) is 0 Å². The highest BCUT2D eigenvalue weighted by molar-refractivity contribution is 14.1. The van der Waals surface area contributed by atoms with Crippen LogP contribution in [0.4, 0.5) is 0 Å². The zero-order chi connectivity index (χ0) is 11.1. The predicted octanol–water partition coefficient (Wildman–Crippen LogP) is 3.19. The van der Waals surface area contributed by atoms with Crippen molar-refractivity contribution in [2.24, 2.45) is 4.99 Å². The van der Waals surface area contributed by atoms with E-state index in [1.54, 1.807) is 4.22 Å². The highest BCUT2D eigenvalue weighted by Gasteiger charge is 2.02. The Morgan fingerprint density at radius 3 is 2.93 bits per heavy atom. The number of nitrogens with one attached hydrogen (secondary N) is 1. The van der Waals surface area contributed by atoms with Gasteiger partial charge in [-0.2, -0.15) is 0 Å². The molecule has 0 aliphatic heterocycles. The lowest BCUT2D eigenvalue weighted by molar-refractivity contribution is 0.453. The van der Waals surface area contributed by atoms with E-state index in [0.717, 1.165) is 11.8 Å². The van der Waals surface area contributed by atoms with E-state index in [1.807, 2.05) is 24.3 Å². The Hall–Kier alpha value is -1.17. The molecular formula is C11H11IN2O. The third kappa shape index (κ3) is 3.83. The van der Waals surface area contributed by atoms with Gasteiger partial charge in [0, 0.05) is 5.56 Å². The zero-order valence-electron chi connectivity index (χ0n) is 8.11. The van der Waals surface area contributed by atoms with Gasteiger partial charge in [0.05, 0.1) is 17.0 Å². The summed E-state index contributed by atoms with van der Waals surface area (Å²) in [6.07, 6.45) is 1.08. The van der Waals surface area contributed by atoms with Crippen LogP contribution in [-0.2, 0) is 6.54 Å². The number of hydrogen-bond acceptors (Lipinski definition) is 3. The quantitative estimate of drug-likeness (QED) is 0.506. The number of rotatable bonds is 5. The van der Waals surface area contributed by atoms with E-state index in [9.17, 15) is 0 Å². The average molecular weight is 314 g/mol. The first-order valence-electron chi connectivity index (χ1n) is 4.31. The number of benzene rings is 1. The lowest BCUT2D eigenvalue weighted by atomic mass is 10.2. The summed E-state index contributed by atoms with van der Waals surface area (Å²) in [4.78, 5) is 4.13. The van der Waals surface area contributed by atoms with E-state index < -0.39 is 0 Å². The molecule has 1 aromatic carbocycles. The van der Waals surface area contributed by atoms with Gasteiger partial charge in [0.15, 0.2) is 0 Å². The summed E-state index contributed by atoms with van der Waals surface area (Å²) in [5.74, 6) is 1.02. The highest BCUT2D eigenvalue weighted by atomic mass is 127. The number of hydrogen-bond donors (Lipinski definition) is 1. The fraction of sp³-hybridized carbons (Fsp3) is 0.0909. The SMILES string of the molecule is C=C(C=N)Oc1ccccc1CN=CI. The molecule has 3 nitrogen and oxygen atoms in total. The minimum absolute atomic E-state index is 0.320. The van der Waals surface area contributed by atoms with Crippen LogP contribution in [0.25, 0.3) is 0 Å². The number of aliphatic imine (C=N–C) groups is 1. The molecule has 1 aromatic rings. The molecule has 0 spiro atoms. The van der Waals surface area contributed by atoms with Crippen molar-refractivity contribution in [3.05, 3.63) is 42.2 Å². The number of ether oxygens (including phenoxy) is 1. The molecule has 0 amide bonds. The van der Waals surface area contributed by atoms with E-state index in [2.05, 4.69) is 34.2 Å². The summed E-state index contributed by atoms with van der Waals surface area (Å²) in [5.41, 5.74) is 0.980. The van der Waals surface area contributed by atoms with Crippen molar-refractivity contribution in [3.63, 3.8) is 0 Å². The Bertz CT molecular complexity index is 388. The Balaban J connectivity index is 2.85. The van der Waals surface area contributed by atoms with E-state index >= 15 is 0 Å². The van der Waals surface area contributed by atoms with Gasteiger partial charge in [-0.3, -0.25) is 4.99 Å². The van der Waals surface area contributed by atoms with Crippen molar-refractivity contribution >= 4 is 33.0 Å². The number of halogens is 1. The van der Waals surface area contributed by atoms with Gasteiger partial charge in [-0.05, 0) is 28.7 Å². The molecule has 0 aliphatic rings. The molecule has 0 atom stereocenters. The summed E-state index contributed by atoms with van der Waals surface area (Å²) < 4.78 is 7.10. The van der Waals surface area contributed by atoms with E-state index in [1.165, 1.54) is 0 Å². The van der Waals surface area contributed by atoms with Gasteiger partial charge >= 0.3 is 0 Å². The Kier molecular flexibility index (Phi) is 5.03. The maximum atomic E-state index is 6.99. The van der Waals surface area contributed by atoms with E-state index in [4.69, 9.17) is 10.1 Å². The van der Waals surface area contributed by atoms with Gasteiger partial charge < -0.3 is 10.1 Å². The fourth-order valence-corrected chi connectivity index (χ4v) is 1.23. The predicted molar refractivity (Wildman–Crippen MR) is 71.2 cm³/mol. The van der Waals surface area contributed by atoms with E-state index in [0.29, 0.717) is 18.1 Å². The molecule has 0 aromatic heterocycles. The monoisotopic (exact) mass is 314 g/mol.